The molecule has 21 heavy (non-hydrogen) atoms. The number of benzene rings is 1. The van der Waals surface area contributed by atoms with Gasteiger partial charge in [0.2, 0.25) is 0 Å². The number of likely N-dealkylation sites (tertiary alicyclic amines) is 1. The normalized spacial score (nSPS) is 16.0. The number of aromatic nitrogens is 1. The van der Waals surface area contributed by atoms with Crippen LogP contribution in [0, 0.1) is 5.92 Å². The second-order valence-corrected chi connectivity index (χ2v) is 5.77. The van der Waals surface area contributed by atoms with Crippen molar-refractivity contribution < 1.29 is 4.79 Å². The van der Waals surface area contributed by atoms with E-state index in [1.165, 1.54) is 0 Å². The Morgan fingerprint density at radius 1 is 1.10 bits per heavy atom. The van der Waals surface area contributed by atoms with Gasteiger partial charge in [-0.25, -0.2) is 0 Å². The van der Waals surface area contributed by atoms with Crippen LogP contribution in [0.1, 0.15) is 30.1 Å². The number of hydrogen-bond donors (Lipinski definition) is 0. The second kappa shape index (κ2) is 6.08. The van der Waals surface area contributed by atoms with Gasteiger partial charge >= 0.3 is 0 Å². The minimum atomic E-state index is 0.148. The Morgan fingerprint density at radius 3 is 2.43 bits per heavy atom. The maximum absolute atomic E-state index is 12.5. The molecule has 3 nitrogen and oxygen atoms in total. The number of hydrogen-bond acceptors (Lipinski definition) is 2. The van der Waals surface area contributed by atoms with E-state index in [1.807, 2.05) is 47.4 Å². The van der Waals surface area contributed by atoms with Gasteiger partial charge in [-0.2, -0.15) is 0 Å². The number of nitrogens with zero attached hydrogens (tertiary/aromatic N) is 2. The van der Waals surface area contributed by atoms with Crippen molar-refractivity contribution in [3.8, 4) is 11.3 Å². The molecule has 0 saturated carbocycles. The lowest BCUT2D eigenvalue weighted by Crippen LogP contribution is -2.37. The van der Waals surface area contributed by atoms with E-state index in [9.17, 15) is 4.79 Å². The molecule has 0 N–H and O–H groups in total. The quantitative estimate of drug-likeness (QED) is 0.841. The van der Waals surface area contributed by atoms with Crippen molar-refractivity contribution in [1.29, 1.82) is 0 Å². The second-order valence-electron chi connectivity index (χ2n) is 5.77. The highest BCUT2D eigenvalue weighted by Gasteiger charge is 2.21. The molecule has 0 bridgehead atoms. The van der Waals surface area contributed by atoms with Crippen LogP contribution in [0.3, 0.4) is 0 Å². The molecule has 108 valence electrons. The third-order valence-corrected chi connectivity index (χ3v) is 4.16. The van der Waals surface area contributed by atoms with E-state index < -0.39 is 0 Å². The van der Waals surface area contributed by atoms with E-state index in [0.29, 0.717) is 0 Å². The third kappa shape index (κ3) is 3.13. The van der Waals surface area contributed by atoms with Crippen LogP contribution in [0.5, 0.6) is 0 Å². The molecule has 0 radical (unpaired) electrons. The highest BCUT2D eigenvalue weighted by atomic mass is 16.2. The summed E-state index contributed by atoms with van der Waals surface area (Å²) in [6.07, 6.45) is 4.00. The summed E-state index contributed by atoms with van der Waals surface area (Å²) in [6.45, 7) is 4.01. The molecular formula is C18H20N2O. The molecule has 1 aromatic carbocycles. The Balaban J connectivity index is 1.73. The molecule has 1 aliphatic rings. The van der Waals surface area contributed by atoms with Crippen LogP contribution in [0.2, 0.25) is 0 Å². The number of amides is 1. The zero-order valence-corrected chi connectivity index (χ0v) is 12.3. The molecule has 2 heterocycles. The van der Waals surface area contributed by atoms with Gasteiger partial charge in [-0.05, 0) is 43.0 Å². The molecule has 1 aliphatic heterocycles. The number of pyridine rings is 1. The summed E-state index contributed by atoms with van der Waals surface area (Å²) in [5.41, 5.74) is 2.74. The lowest BCUT2D eigenvalue weighted by molar-refractivity contribution is 0.0697. The molecule has 2 aromatic rings. The number of rotatable bonds is 2. The summed E-state index contributed by atoms with van der Waals surface area (Å²) in [5.74, 6) is 0.884. The van der Waals surface area contributed by atoms with Gasteiger partial charge in [-0.1, -0.05) is 25.1 Å². The first kappa shape index (κ1) is 13.8. The Kier molecular flexibility index (Phi) is 4.00. The molecule has 0 unspecified atom stereocenters. The molecule has 0 aliphatic carbocycles. The first-order chi connectivity index (χ1) is 10.2. The molecule has 3 rings (SSSR count). The summed E-state index contributed by atoms with van der Waals surface area (Å²) in [7, 11) is 0. The Morgan fingerprint density at radius 2 is 1.81 bits per heavy atom. The average molecular weight is 280 g/mol. The summed E-state index contributed by atoms with van der Waals surface area (Å²) in [4.78, 5) is 18.8. The first-order valence-corrected chi connectivity index (χ1v) is 7.55. The minimum Gasteiger partial charge on any atom is -0.339 e. The predicted molar refractivity (Wildman–Crippen MR) is 84.0 cm³/mol. The monoisotopic (exact) mass is 280 g/mol. The third-order valence-electron chi connectivity index (χ3n) is 4.16. The van der Waals surface area contributed by atoms with Crippen LogP contribution in [0.4, 0.5) is 0 Å². The van der Waals surface area contributed by atoms with Gasteiger partial charge in [0, 0.05) is 30.4 Å². The fourth-order valence-corrected chi connectivity index (χ4v) is 2.71. The van der Waals surface area contributed by atoms with Crippen molar-refractivity contribution >= 4 is 5.91 Å². The van der Waals surface area contributed by atoms with E-state index in [-0.39, 0.29) is 5.91 Å². The SMILES string of the molecule is CC1CCN(C(=O)c2ccc(-c3ccccn3)cc2)CC1. The van der Waals surface area contributed by atoms with Crippen molar-refractivity contribution in [2.75, 3.05) is 13.1 Å². The first-order valence-electron chi connectivity index (χ1n) is 7.55. The van der Waals surface area contributed by atoms with Gasteiger partial charge in [0.1, 0.15) is 0 Å². The number of piperidine rings is 1. The molecule has 1 fully saturated rings. The highest BCUT2D eigenvalue weighted by Crippen LogP contribution is 2.20. The van der Waals surface area contributed by atoms with Gasteiger partial charge in [-0.3, -0.25) is 9.78 Å². The van der Waals surface area contributed by atoms with E-state index >= 15 is 0 Å². The molecule has 1 amide bonds. The Labute approximate surface area is 125 Å². The van der Waals surface area contributed by atoms with Crippen molar-refractivity contribution in [2.24, 2.45) is 5.92 Å². The minimum absolute atomic E-state index is 0.148. The van der Waals surface area contributed by atoms with Gasteiger partial charge in [0.25, 0.3) is 5.91 Å². The number of carbonyl (C=O) groups excluding carboxylic acids is 1. The summed E-state index contributed by atoms with van der Waals surface area (Å²) < 4.78 is 0. The Bertz CT molecular complexity index is 599. The zero-order valence-electron chi connectivity index (χ0n) is 12.3. The van der Waals surface area contributed by atoms with E-state index in [2.05, 4.69) is 11.9 Å². The van der Waals surface area contributed by atoms with Crippen LogP contribution in [-0.4, -0.2) is 28.9 Å². The van der Waals surface area contributed by atoms with E-state index in [4.69, 9.17) is 0 Å². The fraction of sp³-hybridized carbons (Fsp3) is 0.333. The van der Waals surface area contributed by atoms with Crippen molar-refractivity contribution in [1.82, 2.24) is 9.88 Å². The van der Waals surface area contributed by atoms with Gasteiger partial charge in [0.15, 0.2) is 0 Å². The Hall–Kier alpha value is -2.16. The lowest BCUT2D eigenvalue weighted by atomic mass is 9.98. The van der Waals surface area contributed by atoms with Crippen molar-refractivity contribution in [3.63, 3.8) is 0 Å². The maximum atomic E-state index is 12.5. The standard InChI is InChI=1S/C18H20N2O/c1-14-9-12-20(13-10-14)18(21)16-7-5-15(6-8-16)17-4-2-3-11-19-17/h2-8,11,14H,9-10,12-13H2,1H3. The molecule has 1 aromatic heterocycles. The topological polar surface area (TPSA) is 33.2 Å². The van der Waals surface area contributed by atoms with Crippen LogP contribution in [-0.2, 0) is 0 Å². The average Bonchev–Trinajstić information content (AvgIpc) is 2.56. The fourth-order valence-electron chi connectivity index (χ4n) is 2.71. The van der Waals surface area contributed by atoms with Gasteiger partial charge in [0.05, 0.1) is 5.69 Å². The smallest absolute Gasteiger partial charge is 0.253 e. The molecule has 3 heteroatoms. The lowest BCUT2D eigenvalue weighted by Gasteiger charge is -2.30. The highest BCUT2D eigenvalue weighted by molar-refractivity contribution is 5.94. The van der Waals surface area contributed by atoms with Crippen molar-refractivity contribution in [3.05, 3.63) is 54.2 Å². The molecule has 0 atom stereocenters. The van der Waals surface area contributed by atoms with Crippen LogP contribution in [0.25, 0.3) is 11.3 Å². The van der Waals surface area contributed by atoms with Crippen LogP contribution < -0.4 is 0 Å². The maximum Gasteiger partial charge on any atom is 0.253 e. The largest absolute Gasteiger partial charge is 0.339 e. The van der Waals surface area contributed by atoms with E-state index in [0.717, 1.165) is 48.7 Å². The van der Waals surface area contributed by atoms with Gasteiger partial charge < -0.3 is 4.90 Å². The predicted octanol–water partition coefficient (Wildman–Crippen LogP) is 3.62. The van der Waals surface area contributed by atoms with Gasteiger partial charge in [-0.15, -0.1) is 0 Å². The van der Waals surface area contributed by atoms with Crippen molar-refractivity contribution in [2.45, 2.75) is 19.8 Å². The summed E-state index contributed by atoms with van der Waals surface area (Å²) >= 11 is 0. The summed E-state index contributed by atoms with van der Waals surface area (Å²) in [6, 6.07) is 13.6. The van der Waals surface area contributed by atoms with Crippen LogP contribution in [0.15, 0.2) is 48.7 Å². The molecule has 1 saturated heterocycles. The number of carbonyl (C=O) groups is 1. The van der Waals surface area contributed by atoms with E-state index in [1.54, 1.807) is 6.20 Å². The zero-order chi connectivity index (χ0) is 14.7. The van der Waals surface area contributed by atoms with Crippen LogP contribution >= 0.6 is 0 Å². The molecular weight excluding hydrogens is 260 g/mol. The molecule has 0 spiro atoms. The summed E-state index contributed by atoms with van der Waals surface area (Å²) in [5, 5.41) is 0.